The highest BCUT2D eigenvalue weighted by Crippen LogP contribution is 2.26. The van der Waals surface area contributed by atoms with Crippen LogP contribution in [0.3, 0.4) is 0 Å². The molecule has 0 saturated heterocycles. The van der Waals surface area contributed by atoms with Crippen molar-refractivity contribution in [2.45, 2.75) is 6.92 Å². The maximum absolute atomic E-state index is 13.5. The predicted octanol–water partition coefficient (Wildman–Crippen LogP) is 4.38. The first kappa shape index (κ1) is 15.4. The molecule has 1 N–H and O–H groups in total. The number of nitrogens with one attached hydrogen (secondary N) is 1. The zero-order valence-electron chi connectivity index (χ0n) is 11.1. The van der Waals surface area contributed by atoms with Crippen molar-refractivity contribution in [2.75, 3.05) is 11.9 Å². The highest BCUT2D eigenvalue weighted by atomic mass is 79.9. The Kier molecular flexibility index (Phi) is 4.90. The Bertz CT molecular complexity index is 677. The van der Waals surface area contributed by atoms with Crippen LogP contribution in [-0.2, 0) is 0 Å². The number of rotatable bonds is 4. The smallest absolute Gasteiger partial charge is 0.255 e. The lowest BCUT2D eigenvalue weighted by Gasteiger charge is -2.09. The highest BCUT2D eigenvalue weighted by molar-refractivity contribution is 9.10. The lowest BCUT2D eigenvalue weighted by molar-refractivity contribution is 0.102. The number of halogens is 3. The van der Waals surface area contributed by atoms with Crippen molar-refractivity contribution in [1.82, 2.24) is 0 Å². The Labute approximate surface area is 129 Å². The molecule has 0 aliphatic heterocycles. The van der Waals surface area contributed by atoms with Crippen molar-refractivity contribution in [3.8, 4) is 5.75 Å². The summed E-state index contributed by atoms with van der Waals surface area (Å²) in [6.07, 6.45) is 0. The predicted molar refractivity (Wildman–Crippen MR) is 79.6 cm³/mol. The fourth-order valence-electron chi connectivity index (χ4n) is 1.70. The normalized spacial score (nSPS) is 10.3. The van der Waals surface area contributed by atoms with E-state index in [2.05, 4.69) is 21.2 Å². The Balaban J connectivity index is 2.18. The van der Waals surface area contributed by atoms with Gasteiger partial charge in [-0.2, -0.15) is 0 Å². The lowest BCUT2D eigenvalue weighted by Crippen LogP contribution is -2.13. The zero-order valence-corrected chi connectivity index (χ0v) is 12.7. The Morgan fingerprint density at radius 3 is 2.62 bits per heavy atom. The van der Waals surface area contributed by atoms with E-state index in [0.717, 1.165) is 6.07 Å². The second kappa shape index (κ2) is 6.67. The molecule has 0 fully saturated rings. The molecule has 110 valence electrons. The minimum absolute atomic E-state index is 0.0774. The molecule has 0 atom stereocenters. The molecule has 0 heterocycles. The maximum atomic E-state index is 13.5. The number of carbonyl (C=O) groups is 1. The van der Waals surface area contributed by atoms with Gasteiger partial charge in [-0.3, -0.25) is 4.79 Å². The molecule has 0 aliphatic rings. The summed E-state index contributed by atoms with van der Waals surface area (Å²) in [5, 5.41) is 2.39. The molecule has 0 radical (unpaired) electrons. The van der Waals surface area contributed by atoms with Gasteiger partial charge in [0.25, 0.3) is 5.91 Å². The van der Waals surface area contributed by atoms with Crippen LogP contribution in [0.4, 0.5) is 14.5 Å². The van der Waals surface area contributed by atoms with Crippen molar-refractivity contribution < 1.29 is 18.3 Å². The fraction of sp³-hybridized carbons (Fsp3) is 0.133. The van der Waals surface area contributed by atoms with Crippen LogP contribution in [-0.4, -0.2) is 12.5 Å². The summed E-state index contributed by atoms with van der Waals surface area (Å²) in [6.45, 7) is 2.36. The molecular formula is C15H12BrF2NO2. The average molecular weight is 356 g/mol. The molecule has 0 unspecified atom stereocenters. The second-order valence-electron chi connectivity index (χ2n) is 4.16. The van der Waals surface area contributed by atoms with Gasteiger partial charge in [-0.1, -0.05) is 0 Å². The van der Waals surface area contributed by atoms with Crippen molar-refractivity contribution in [2.24, 2.45) is 0 Å². The van der Waals surface area contributed by atoms with Gasteiger partial charge in [0.05, 0.1) is 16.8 Å². The number of ether oxygens (including phenoxy) is 1. The summed E-state index contributed by atoms with van der Waals surface area (Å²) in [5.41, 5.74) is 0.250. The molecule has 1 amide bonds. The van der Waals surface area contributed by atoms with E-state index in [9.17, 15) is 13.6 Å². The lowest BCUT2D eigenvalue weighted by atomic mass is 10.2. The Hall–Kier alpha value is -1.95. The molecule has 0 bridgehead atoms. The van der Waals surface area contributed by atoms with Crippen LogP contribution in [0.5, 0.6) is 5.75 Å². The molecule has 3 nitrogen and oxygen atoms in total. The van der Waals surface area contributed by atoms with Crippen molar-refractivity contribution >= 4 is 27.5 Å². The highest BCUT2D eigenvalue weighted by Gasteiger charge is 2.12. The summed E-state index contributed by atoms with van der Waals surface area (Å²) in [5.74, 6) is -1.41. The average Bonchev–Trinajstić information content (AvgIpc) is 2.44. The van der Waals surface area contributed by atoms with Crippen molar-refractivity contribution in [3.05, 3.63) is 58.1 Å². The van der Waals surface area contributed by atoms with Gasteiger partial charge in [-0.25, -0.2) is 8.78 Å². The molecule has 2 aromatic carbocycles. The van der Waals surface area contributed by atoms with Crippen LogP contribution in [0.1, 0.15) is 17.3 Å². The van der Waals surface area contributed by atoms with Crippen LogP contribution in [0.2, 0.25) is 0 Å². The number of hydrogen-bond acceptors (Lipinski definition) is 2. The van der Waals surface area contributed by atoms with E-state index in [1.807, 2.05) is 6.92 Å². The van der Waals surface area contributed by atoms with Gasteiger partial charge >= 0.3 is 0 Å². The molecule has 6 heteroatoms. The first-order valence-electron chi connectivity index (χ1n) is 6.20. The van der Waals surface area contributed by atoms with Crippen LogP contribution < -0.4 is 10.1 Å². The number of carbonyl (C=O) groups excluding carboxylic acids is 1. The number of hydrogen-bond donors (Lipinski definition) is 1. The fourth-order valence-corrected chi connectivity index (χ4v) is 2.19. The monoisotopic (exact) mass is 355 g/mol. The van der Waals surface area contributed by atoms with E-state index >= 15 is 0 Å². The van der Waals surface area contributed by atoms with E-state index < -0.39 is 17.5 Å². The largest absolute Gasteiger partial charge is 0.493 e. The molecule has 0 saturated carbocycles. The summed E-state index contributed by atoms with van der Waals surface area (Å²) in [4.78, 5) is 12.0. The van der Waals surface area contributed by atoms with Gasteiger partial charge in [0.2, 0.25) is 0 Å². The molecule has 0 spiro atoms. The molecule has 21 heavy (non-hydrogen) atoms. The van der Waals surface area contributed by atoms with Crippen LogP contribution in [0.25, 0.3) is 0 Å². The minimum atomic E-state index is -0.826. The minimum Gasteiger partial charge on any atom is -0.493 e. The van der Waals surface area contributed by atoms with E-state index in [4.69, 9.17) is 4.74 Å². The van der Waals surface area contributed by atoms with Crippen molar-refractivity contribution in [1.29, 1.82) is 0 Å². The molecular weight excluding hydrogens is 344 g/mol. The third-order valence-corrected chi connectivity index (χ3v) is 3.29. The summed E-state index contributed by atoms with van der Waals surface area (Å²) in [6, 6.07) is 7.74. The summed E-state index contributed by atoms with van der Waals surface area (Å²) in [7, 11) is 0. The van der Waals surface area contributed by atoms with Crippen LogP contribution in [0, 0.1) is 11.6 Å². The van der Waals surface area contributed by atoms with E-state index in [0.29, 0.717) is 28.5 Å². The summed E-state index contributed by atoms with van der Waals surface area (Å²) >= 11 is 3.30. The van der Waals surface area contributed by atoms with E-state index in [-0.39, 0.29) is 5.69 Å². The second-order valence-corrected chi connectivity index (χ2v) is 5.01. The van der Waals surface area contributed by atoms with Gasteiger partial charge in [0, 0.05) is 11.6 Å². The first-order valence-corrected chi connectivity index (χ1v) is 6.99. The first-order chi connectivity index (χ1) is 10.0. The molecule has 2 rings (SSSR count). The SMILES string of the molecule is CCOc1ccc(C(=O)Nc2ccc(F)cc2F)cc1Br. The number of amides is 1. The van der Waals surface area contributed by atoms with Gasteiger partial charge in [0.1, 0.15) is 17.4 Å². The van der Waals surface area contributed by atoms with Crippen LogP contribution >= 0.6 is 15.9 Å². The van der Waals surface area contributed by atoms with Gasteiger partial charge < -0.3 is 10.1 Å². The van der Waals surface area contributed by atoms with E-state index in [1.165, 1.54) is 6.07 Å². The van der Waals surface area contributed by atoms with Gasteiger partial charge in [0.15, 0.2) is 0 Å². The van der Waals surface area contributed by atoms with Gasteiger partial charge in [-0.05, 0) is 53.2 Å². The maximum Gasteiger partial charge on any atom is 0.255 e. The third kappa shape index (κ3) is 3.78. The van der Waals surface area contributed by atoms with E-state index in [1.54, 1.807) is 18.2 Å². The molecule has 2 aromatic rings. The quantitative estimate of drug-likeness (QED) is 0.883. The summed E-state index contributed by atoms with van der Waals surface area (Å²) < 4.78 is 32.3. The zero-order chi connectivity index (χ0) is 15.4. The Morgan fingerprint density at radius 1 is 1.24 bits per heavy atom. The molecule has 0 aliphatic carbocycles. The number of benzene rings is 2. The van der Waals surface area contributed by atoms with Gasteiger partial charge in [-0.15, -0.1) is 0 Å². The standard InChI is InChI=1S/C15H12BrF2NO2/c1-2-21-14-6-3-9(7-11(14)16)15(20)19-13-5-4-10(17)8-12(13)18/h3-8H,2H2,1H3,(H,19,20). The number of anilines is 1. The molecule has 0 aromatic heterocycles. The van der Waals surface area contributed by atoms with Crippen LogP contribution in [0.15, 0.2) is 40.9 Å². The third-order valence-electron chi connectivity index (χ3n) is 2.67. The van der Waals surface area contributed by atoms with Crippen molar-refractivity contribution in [3.63, 3.8) is 0 Å². The Morgan fingerprint density at radius 2 is 2.00 bits per heavy atom. The topological polar surface area (TPSA) is 38.3 Å².